The van der Waals surface area contributed by atoms with Gasteiger partial charge in [-0.05, 0) is 30.5 Å². The minimum absolute atomic E-state index is 0.0184. The summed E-state index contributed by atoms with van der Waals surface area (Å²) in [5, 5.41) is 9.13. The Morgan fingerprint density at radius 2 is 2.00 bits per heavy atom. The fraction of sp³-hybridized carbons (Fsp3) is 0.467. The number of rotatable bonds is 3. The molecule has 0 amide bonds. The van der Waals surface area contributed by atoms with Crippen LogP contribution in [-0.4, -0.2) is 19.4 Å². The zero-order valence-electron chi connectivity index (χ0n) is 11.7. The predicted octanol–water partition coefficient (Wildman–Crippen LogP) is 3.24. The lowest BCUT2D eigenvalue weighted by atomic mass is 9.95. The molecule has 0 unspecified atom stereocenters. The van der Waals surface area contributed by atoms with Gasteiger partial charge in [-0.3, -0.25) is 4.79 Å². The van der Waals surface area contributed by atoms with Crippen molar-refractivity contribution < 1.29 is 4.79 Å². The van der Waals surface area contributed by atoms with E-state index in [1.165, 1.54) is 6.92 Å². The van der Waals surface area contributed by atoms with E-state index in [1.54, 1.807) is 18.2 Å². The minimum Gasteiger partial charge on any atom is -0.373 e. The van der Waals surface area contributed by atoms with Crippen LogP contribution in [0.3, 0.4) is 0 Å². The molecule has 0 heterocycles. The van der Waals surface area contributed by atoms with Crippen molar-refractivity contribution in [2.24, 2.45) is 5.41 Å². The largest absolute Gasteiger partial charge is 0.373 e. The Hall–Kier alpha value is -1.82. The van der Waals surface area contributed by atoms with E-state index in [9.17, 15) is 4.79 Å². The molecule has 0 fully saturated rings. The smallest absolute Gasteiger partial charge is 0.159 e. The number of hydrogen-bond donors (Lipinski definition) is 0. The molecule has 0 aliphatic heterocycles. The van der Waals surface area contributed by atoms with E-state index < -0.39 is 0 Å². The molecule has 0 saturated heterocycles. The molecule has 18 heavy (non-hydrogen) atoms. The van der Waals surface area contributed by atoms with Gasteiger partial charge < -0.3 is 4.90 Å². The highest BCUT2D eigenvalue weighted by Crippen LogP contribution is 2.25. The van der Waals surface area contributed by atoms with Crippen molar-refractivity contribution >= 4 is 11.5 Å². The van der Waals surface area contributed by atoms with E-state index in [-0.39, 0.29) is 11.2 Å². The quantitative estimate of drug-likeness (QED) is 0.767. The fourth-order valence-corrected chi connectivity index (χ4v) is 1.96. The second kappa shape index (κ2) is 5.22. The van der Waals surface area contributed by atoms with Crippen molar-refractivity contribution in [3.05, 3.63) is 29.3 Å². The van der Waals surface area contributed by atoms with Gasteiger partial charge in [0.05, 0.1) is 11.3 Å². The first kappa shape index (κ1) is 14.2. The SMILES string of the molecule is CC(=O)c1ccc(C#N)c(N(C)CC(C)(C)C)c1. The Balaban J connectivity index is 3.16. The standard InChI is InChI=1S/C15H20N2O/c1-11(18)12-6-7-13(9-16)14(8-12)17(5)10-15(2,3)4/h6-8H,10H2,1-5H3. The summed E-state index contributed by atoms with van der Waals surface area (Å²) in [7, 11) is 1.95. The van der Waals surface area contributed by atoms with Gasteiger partial charge in [-0.1, -0.05) is 20.8 Å². The number of ketones is 1. The van der Waals surface area contributed by atoms with Crippen LogP contribution in [0.25, 0.3) is 0 Å². The molecule has 0 radical (unpaired) electrons. The number of nitrogens with zero attached hydrogens (tertiary/aromatic N) is 2. The van der Waals surface area contributed by atoms with Gasteiger partial charge in [-0.15, -0.1) is 0 Å². The third-order valence-corrected chi connectivity index (χ3v) is 2.65. The van der Waals surface area contributed by atoms with Gasteiger partial charge in [0.1, 0.15) is 6.07 Å². The van der Waals surface area contributed by atoms with E-state index in [2.05, 4.69) is 26.8 Å². The van der Waals surface area contributed by atoms with Gasteiger partial charge in [0.25, 0.3) is 0 Å². The molecular formula is C15H20N2O. The Labute approximate surface area is 109 Å². The summed E-state index contributed by atoms with van der Waals surface area (Å²) < 4.78 is 0. The Bertz CT molecular complexity index is 492. The van der Waals surface area contributed by atoms with Crippen molar-refractivity contribution in [2.45, 2.75) is 27.7 Å². The average molecular weight is 244 g/mol. The highest BCUT2D eigenvalue weighted by Gasteiger charge is 2.17. The molecule has 1 aromatic carbocycles. The zero-order valence-corrected chi connectivity index (χ0v) is 11.7. The van der Waals surface area contributed by atoms with Crippen molar-refractivity contribution in [1.82, 2.24) is 0 Å². The normalized spacial score (nSPS) is 10.9. The minimum atomic E-state index is 0.0184. The van der Waals surface area contributed by atoms with Crippen LogP contribution in [-0.2, 0) is 0 Å². The molecule has 96 valence electrons. The molecule has 0 saturated carbocycles. The first-order valence-corrected chi connectivity index (χ1v) is 6.01. The summed E-state index contributed by atoms with van der Waals surface area (Å²) in [4.78, 5) is 13.4. The van der Waals surface area contributed by atoms with Crippen LogP contribution >= 0.6 is 0 Å². The first-order chi connectivity index (χ1) is 8.24. The lowest BCUT2D eigenvalue weighted by Gasteiger charge is -2.29. The van der Waals surface area contributed by atoms with Gasteiger partial charge >= 0.3 is 0 Å². The van der Waals surface area contributed by atoms with E-state index in [0.717, 1.165) is 12.2 Å². The second-order valence-corrected chi connectivity index (χ2v) is 5.82. The predicted molar refractivity (Wildman–Crippen MR) is 73.9 cm³/mol. The van der Waals surface area contributed by atoms with E-state index >= 15 is 0 Å². The van der Waals surface area contributed by atoms with Gasteiger partial charge in [0.2, 0.25) is 0 Å². The van der Waals surface area contributed by atoms with Crippen molar-refractivity contribution in [3.63, 3.8) is 0 Å². The maximum Gasteiger partial charge on any atom is 0.159 e. The highest BCUT2D eigenvalue weighted by atomic mass is 16.1. The first-order valence-electron chi connectivity index (χ1n) is 6.01. The molecular weight excluding hydrogens is 224 g/mol. The summed E-state index contributed by atoms with van der Waals surface area (Å²) in [5.74, 6) is 0.0184. The summed E-state index contributed by atoms with van der Waals surface area (Å²) in [6.45, 7) is 8.79. The molecule has 0 bridgehead atoms. The third-order valence-electron chi connectivity index (χ3n) is 2.65. The second-order valence-electron chi connectivity index (χ2n) is 5.82. The lowest BCUT2D eigenvalue weighted by Crippen LogP contribution is -2.29. The van der Waals surface area contributed by atoms with Crippen LogP contribution in [0.4, 0.5) is 5.69 Å². The Morgan fingerprint density at radius 3 is 2.44 bits per heavy atom. The molecule has 0 spiro atoms. The summed E-state index contributed by atoms with van der Waals surface area (Å²) in [6, 6.07) is 7.39. The van der Waals surface area contributed by atoms with Crippen molar-refractivity contribution in [2.75, 3.05) is 18.5 Å². The van der Waals surface area contributed by atoms with Crippen LogP contribution in [0.1, 0.15) is 43.6 Å². The number of hydrogen-bond acceptors (Lipinski definition) is 3. The van der Waals surface area contributed by atoms with Gasteiger partial charge in [-0.2, -0.15) is 5.26 Å². The monoisotopic (exact) mass is 244 g/mol. The number of carbonyl (C=O) groups is 1. The number of benzene rings is 1. The molecule has 1 aromatic rings. The number of anilines is 1. The fourth-order valence-electron chi connectivity index (χ4n) is 1.96. The number of carbonyl (C=O) groups excluding carboxylic acids is 1. The van der Waals surface area contributed by atoms with Crippen LogP contribution in [0.5, 0.6) is 0 Å². The van der Waals surface area contributed by atoms with Gasteiger partial charge in [0.15, 0.2) is 5.78 Å². The van der Waals surface area contributed by atoms with Crippen molar-refractivity contribution in [1.29, 1.82) is 5.26 Å². The van der Waals surface area contributed by atoms with E-state index in [0.29, 0.717) is 11.1 Å². The molecule has 0 aliphatic carbocycles. The lowest BCUT2D eigenvalue weighted by molar-refractivity contribution is 0.101. The average Bonchev–Trinajstić information content (AvgIpc) is 2.25. The highest BCUT2D eigenvalue weighted by molar-refractivity contribution is 5.95. The third kappa shape index (κ3) is 3.59. The Morgan fingerprint density at radius 1 is 1.39 bits per heavy atom. The molecule has 0 N–H and O–H groups in total. The van der Waals surface area contributed by atoms with E-state index in [1.807, 2.05) is 11.9 Å². The summed E-state index contributed by atoms with van der Waals surface area (Å²) >= 11 is 0. The van der Waals surface area contributed by atoms with Crippen LogP contribution in [0.15, 0.2) is 18.2 Å². The maximum absolute atomic E-state index is 11.4. The Kier molecular flexibility index (Phi) is 4.13. The molecule has 0 aliphatic rings. The number of Topliss-reactive ketones (excluding diaryl/α,β-unsaturated/α-hetero) is 1. The molecule has 3 heteroatoms. The molecule has 1 rings (SSSR count). The molecule has 0 atom stereocenters. The topological polar surface area (TPSA) is 44.1 Å². The molecule has 0 aromatic heterocycles. The summed E-state index contributed by atoms with van der Waals surface area (Å²) in [6.07, 6.45) is 0. The van der Waals surface area contributed by atoms with Crippen LogP contribution in [0.2, 0.25) is 0 Å². The van der Waals surface area contributed by atoms with Crippen molar-refractivity contribution in [3.8, 4) is 6.07 Å². The summed E-state index contributed by atoms with van der Waals surface area (Å²) in [5.41, 5.74) is 2.20. The number of nitriles is 1. The van der Waals surface area contributed by atoms with Gasteiger partial charge in [-0.25, -0.2) is 0 Å². The van der Waals surface area contributed by atoms with Crippen LogP contribution < -0.4 is 4.90 Å². The molecule has 3 nitrogen and oxygen atoms in total. The van der Waals surface area contributed by atoms with E-state index in [4.69, 9.17) is 5.26 Å². The van der Waals surface area contributed by atoms with Gasteiger partial charge in [0, 0.05) is 19.2 Å². The zero-order chi connectivity index (χ0) is 13.9. The van der Waals surface area contributed by atoms with Crippen LogP contribution in [0, 0.1) is 16.7 Å². The maximum atomic E-state index is 11.4.